The minimum Gasteiger partial charge on any atom is -0.486 e. The zero-order valence-electron chi connectivity index (χ0n) is 17.2. The van der Waals surface area contributed by atoms with E-state index in [0.717, 1.165) is 5.56 Å². The zero-order chi connectivity index (χ0) is 21.7. The van der Waals surface area contributed by atoms with E-state index in [1.54, 1.807) is 6.92 Å². The molecule has 30 heavy (non-hydrogen) atoms. The van der Waals surface area contributed by atoms with Crippen LogP contribution in [0.5, 0.6) is 11.5 Å². The normalized spacial score (nSPS) is 15.3. The Balaban J connectivity index is 1.66. The zero-order valence-corrected chi connectivity index (χ0v) is 18.0. The first-order valence-corrected chi connectivity index (χ1v) is 11.1. The van der Waals surface area contributed by atoms with E-state index in [-0.39, 0.29) is 29.5 Å². The summed E-state index contributed by atoms with van der Waals surface area (Å²) in [6.45, 7) is 4.85. The van der Waals surface area contributed by atoms with Crippen LogP contribution in [0.3, 0.4) is 0 Å². The molecule has 2 aromatic carbocycles. The number of fused-ring (bicyclic) bond motifs is 1. The summed E-state index contributed by atoms with van der Waals surface area (Å²) in [5, 5.41) is 2.91. The molecule has 0 spiro atoms. The molecule has 1 aliphatic rings. The standard InChI is InChI=1S/C21H26N2O6S/c1-14(13-27-3)23-30(25,26)18-7-4-16(5-8-18)21(24)22-15(2)17-6-9-19-20(12-17)29-11-10-28-19/h4-9,12,14-15,23H,10-11,13H2,1-3H3,(H,22,24)/t14-,15+/m0/s1. The monoisotopic (exact) mass is 434 g/mol. The van der Waals surface area contributed by atoms with Crippen LogP contribution in [0.4, 0.5) is 0 Å². The SMILES string of the molecule is COC[C@H](C)NS(=O)(=O)c1ccc(C(=O)N[C@H](C)c2ccc3c(c2)OCCO3)cc1. The van der Waals surface area contributed by atoms with Gasteiger partial charge in [-0.2, -0.15) is 0 Å². The summed E-state index contributed by atoms with van der Waals surface area (Å²) in [4.78, 5) is 12.7. The van der Waals surface area contributed by atoms with Gasteiger partial charge in [0.2, 0.25) is 10.0 Å². The van der Waals surface area contributed by atoms with E-state index in [1.807, 2.05) is 25.1 Å². The smallest absolute Gasteiger partial charge is 0.251 e. The predicted octanol–water partition coefficient (Wildman–Crippen LogP) is 2.26. The van der Waals surface area contributed by atoms with Gasteiger partial charge in [0.25, 0.3) is 5.91 Å². The van der Waals surface area contributed by atoms with Gasteiger partial charge in [0.15, 0.2) is 11.5 Å². The molecule has 0 saturated heterocycles. The molecule has 0 radical (unpaired) electrons. The first-order chi connectivity index (χ1) is 14.3. The van der Waals surface area contributed by atoms with Crippen LogP contribution in [0.25, 0.3) is 0 Å². The molecule has 1 heterocycles. The lowest BCUT2D eigenvalue weighted by Crippen LogP contribution is -2.35. The molecule has 0 saturated carbocycles. The molecule has 1 amide bonds. The van der Waals surface area contributed by atoms with Crippen molar-refractivity contribution in [1.29, 1.82) is 0 Å². The summed E-state index contributed by atoms with van der Waals surface area (Å²) in [7, 11) is -2.18. The van der Waals surface area contributed by atoms with Gasteiger partial charge in [0.1, 0.15) is 13.2 Å². The van der Waals surface area contributed by atoms with Crippen LogP contribution in [0.2, 0.25) is 0 Å². The molecular weight excluding hydrogens is 408 g/mol. The largest absolute Gasteiger partial charge is 0.486 e. The Labute approximate surface area is 176 Å². The summed E-state index contributed by atoms with van der Waals surface area (Å²) in [6.07, 6.45) is 0. The summed E-state index contributed by atoms with van der Waals surface area (Å²) in [5.74, 6) is 1.04. The van der Waals surface area contributed by atoms with Crippen LogP contribution in [0, 0.1) is 0 Å². The number of nitrogens with one attached hydrogen (secondary N) is 2. The second kappa shape index (κ2) is 9.46. The number of sulfonamides is 1. The van der Waals surface area contributed by atoms with Crippen molar-refractivity contribution in [3.63, 3.8) is 0 Å². The Bertz CT molecular complexity index is 991. The molecule has 3 rings (SSSR count). The lowest BCUT2D eigenvalue weighted by Gasteiger charge is -2.21. The van der Waals surface area contributed by atoms with Crippen LogP contribution in [0.1, 0.15) is 35.8 Å². The Kier molecular flexibility index (Phi) is 6.96. The minimum atomic E-state index is -3.69. The summed E-state index contributed by atoms with van der Waals surface area (Å²) < 4.78 is 43.3. The van der Waals surface area contributed by atoms with Gasteiger partial charge in [-0.05, 0) is 55.8 Å². The van der Waals surface area contributed by atoms with Gasteiger partial charge in [0, 0.05) is 18.7 Å². The Hall–Kier alpha value is -2.62. The van der Waals surface area contributed by atoms with Crippen molar-refractivity contribution >= 4 is 15.9 Å². The minimum absolute atomic E-state index is 0.0851. The van der Waals surface area contributed by atoms with Crippen molar-refractivity contribution in [3.05, 3.63) is 53.6 Å². The molecule has 0 fully saturated rings. The van der Waals surface area contributed by atoms with Crippen molar-refractivity contribution in [2.45, 2.75) is 30.8 Å². The molecule has 0 unspecified atom stereocenters. The number of ether oxygens (including phenoxy) is 3. The second-order valence-corrected chi connectivity index (χ2v) is 8.81. The van der Waals surface area contributed by atoms with E-state index < -0.39 is 10.0 Å². The lowest BCUT2D eigenvalue weighted by atomic mass is 10.1. The maximum absolute atomic E-state index is 12.6. The third kappa shape index (κ3) is 5.29. The third-order valence-electron chi connectivity index (χ3n) is 4.61. The summed E-state index contributed by atoms with van der Waals surface area (Å²) in [6, 6.07) is 10.7. The summed E-state index contributed by atoms with van der Waals surface area (Å²) >= 11 is 0. The molecule has 162 valence electrons. The fourth-order valence-electron chi connectivity index (χ4n) is 3.09. The van der Waals surface area contributed by atoms with E-state index in [2.05, 4.69) is 10.0 Å². The van der Waals surface area contributed by atoms with Crippen molar-refractivity contribution in [3.8, 4) is 11.5 Å². The Morgan fingerprint density at radius 1 is 1.07 bits per heavy atom. The number of hydrogen-bond acceptors (Lipinski definition) is 6. The van der Waals surface area contributed by atoms with Crippen molar-refractivity contribution < 1.29 is 27.4 Å². The lowest BCUT2D eigenvalue weighted by molar-refractivity contribution is 0.0939. The highest BCUT2D eigenvalue weighted by Crippen LogP contribution is 2.32. The molecule has 1 aliphatic heterocycles. The molecular formula is C21H26N2O6S. The molecule has 0 aliphatic carbocycles. The first kappa shape index (κ1) is 22.1. The number of carbonyl (C=O) groups is 1. The van der Waals surface area contributed by atoms with E-state index in [4.69, 9.17) is 14.2 Å². The fraction of sp³-hybridized carbons (Fsp3) is 0.381. The molecule has 8 nitrogen and oxygen atoms in total. The predicted molar refractivity (Wildman–Crippen MR) is 111 cm³/mol. The van der Waals surface area contributed by atoms with Gasteiger partial charge < -0.3 is 19.5 Å². The van der Waals surface area contributed by atoms with Crippen LogP contribution in [-0.4, -0.2) is 47.3 Å². The number of methoxy groups -OCH3 is 1. The number of rotatable bonds is 8. The first-order valence-electron chi connectivity index (χ1n) is 9.62. The van der Waals surface area contributed by atoms with Crippen LogP contribution in [0.15, 0.2) is 47.4 Å². The highest BCUT2D eigenvalue weighted by Gasteiger charge is 2.19. The average molecular weight is 435 g/mol. The fourth-order valence-corrected chi connectivity index (χ4v) is 4.32. The van der Waals surface area contributed by atoms with Crippen LogP contribution in [-0.2, 0) is 14.8 Å². The second-order valence-electron chi connectivity index (χ2n) is 7.10. The van der Waals surface area contributed by atoms with Gasteiger partial charge in [-0.3, -0.25) is 4.79 Å². The van der Waals surface area contributed by atoms with Crippen LogP contribution >= 0.6 is 0 Å². The number of carbonyl (C=O) groups excluding carboxylic acids is 1. The number of hydrogen-bond donors (Lipinski definition) is 2. The van der Waals surface area contributed by atoms with E-state index >= 15 is 0 Å². The highest BCUT2D eigenvalue weighted by molar-refractivity contribution is 7.89. The Morgan fingerprint density at radius 3 is 2.40 bits per heavy atom. The molecule has 2 aromatic rings. The topological polar surface area (TPSA) is 103 Å². The molecule has 0 aromatic heterocycles. The molecule has 2 N–H and O–H groups in total. The third-order valence-corrected chi connectivity index (χ3v) is 6.22. The van der Waals surface area contributed by atoms with E-state index in [9.17, 15) is 13.2 Å². The van der Waals surface area contributed by atoms with E-state index in [0.29, 0.717) is 30.3 Å². The van der Waals surface area contributed by atoms with E-state index in [1.165, 1.54) is 31.4 Å². The number of benzene rings is 2. The molecule has 2 atom stereocenters. The molecule has 9 heteroatoms. The van der Waals surface area contributed by atoms with Gasteiger partial charge >= 0.3 is 0 Å². The molecule has 0 bridgehead atoms. The summed E-state index contributed by atoms with van der Waals surface area (Å²) in [5.41, 5.74) is 1.24. The maximum atomic E-state index is 12.6. The highest BCUT2D eigenvalue weighted by atomic mass is 32.2. The maximum Gasteiger partial charge on any atom is 0.251 e. The van der Waals surface area contributed by atoms with Crippen molar-refractivity contribution in [2.24, 2.45) is 0 Å². The van der Waals surface area contributed by atoms with Gasteiger partial charge in [0.05, 0.1) is 17.5 Å². The van der Waals surface area contributed by atoms with Crippen molar-refractivity contribution in [2.75, 3.05) is 26.9 Å². The van der Waals surface area contributed by atoms with Gasteiger partial charge in [-0.25, -0.2) is 13.1 Å². The van der Waals surface area contributed by atoms with Crippen LogP contribution < -0.4 is 19.5 Å². The Morgan fingerprint density at radius 2 is 1.73 bits per heavy atom. The quantitative estimate of drug-likeness (QED) is 0.661. The van der Waals surface area contributed by atoms with Crippen molar-refractivity contribution in [1.82, 2.24) is 10.0 Å². The van der Waals surface area contributed by atoms with Gasteiger partial charge in [-0.15, -0.1) is 0 Å². The van der Waals surface area contributed by atoms with Gasteiger partial charge in [-0.1, -0.05) is 6.07 Å². The average Bonchev–Trinajstić information content (AvgIpc) is 2.73. The number of amides is 1.